The summed E-state index contributed by atoms with van der Waals surface area (Å²) < 4.78 is 0. The minimum absolute atomic E-state index is 0.199. The second-order valence-corrected chi connectivity index (χ2v) is 4.27. The molecule has 1 saturated heterocycles. The molecule has 5 heteroatoms. The minimum Gasteiger partial charge on any atom is -0.324 e. The van der Waals surface area contributed by atoms with E-state index >= 15 is 0 Å². The molecule has 0 saturated carbocycles. The maximum absolute atomic E-state index is 12.1. The van der Waals surface area contributed by atoms with E-state index in [0.717, 1.165) is 0 Å². The van der Waals surface area contributed by atoms with Gasteiger partial charge in [0.15, 0.2) is 0 Å². The predicted octanol–water partition coefficient (Wildman–Crippen LogP) is 0.673. The molecule has 1 aromatic rings. The number of hydrogen-bond donors (Lipinski definition) is 1. The zero-order valence-electron chi connectivity index (χ0n) is 9.88. The second-order valence-electron chi connectivity index (χ2n) is 4.27. The Morgan fingerprint density at radius 3 is 2.47 bits per heavy atom. The average molecular weight is 233 g/mol. The van der Waals surface area contributed by atoms with Crippen LogP contribution in [0.15, 0.2) is 30.3 Å². The van der Waals surface area contributed by atoms with E-state index in [4.69, 9.17) is 0 Å². The van der Waals surface area contributed by atoms with Crippen LogP contribution in [0.25, 0.3) is 0 Å². The highest BCUT2D eigenvalue weighted by molar-refractivity contribution is 6.21. The molecule has 1 aliphatic heterocycles. The first-order valence-electron chi connectivity index (χ1n) is 5.44. The molecule has 1 heterocycles. The molecule has 0 aromatic heterocycles. The van der Waals surface area contributed by atoms with Gasteiger partial charge in [0.25, 0.3) is 5.91 Å². The van der Waals surface area contributed by atoms with Gasteiger partial charge in [0.2, 0.25) is 0 Å². The first-order chi connectivity index (χ1) is 8.09. The highest BCUT2D eigenvalue weighted by Gasteiger charge is 2.38. The first-order valence-corrected chi connectivity index (χ1v) is 5.44. The van der Waals surface area contributed by atoms with Crippen molar-refractivity contribution in [2.75, 3.05) is 25.5 Å². The lowest BCUT2D eigenvalue weighted by Crippen LogP contribution is -2.39. The van der Waals surface area contributed by atoms with E-state index in [1.54, 1.807) is 24.3 Å². The fourth-order valence-corrected chi connectivity index (χ4v) is 1.84. The van der Waals surface area contributed by atoms with E-state index in [-0.39, 0.29) is 11.9 Å². The number of urea groups is 1. The normalized spacial score (nSPS) is 19.9. The van der Waals surface area contributed by atoms with Crippen LogP contribution < -0.4 is 10.2 Å². The Morgan fingerprint density at radius 1 is 1.24 bits per heavy atom. The number of hydrogen-bond acceptors (Lipinski definition) is 3. The topological polar surface area (TPSA) is 52.7 Å². The van der Waals surface area contributed by atoms with Gasteiger partial charge in [-0.15, -0.1) is 0 Å². The van der Waals surface area contributed by atoms with Crippen LogP contribution >= 0.6 is 0 Å². The van der Waals surface area contributed by atoms with Crippen molar-refractivity contribution >= 4 is 17.6 Å². The number of para-hydroxylation sites is 1. The van der Waals surface area contributed by atoms with Gasteiger partial charge in [0.05, 0.1) is 5.69 Å². The predicted molar refractivity (Wildman–Crippen MR) is 64.8 cm³/mol. The average Bonchev–Trinajstić information content (AvgIpc) is 2.54. The Hall–Kier alpha value is -1.88. The Balaban J connectivity index is 2.20. The molecule has 2 rings (SSSR count). The zero-order chi connectivity index (χ0) is 12.4. The lowest BCUT2D eigenvalue weighted by atomic mass is 10.2. The van der Waals surface area contributed by atoms with Gasteiger partial charge >= 0.3 is 6.03 Å². The van der Waals surface area contributed by atoms with E-state index in [1.165, 1.54) is 4.90 Å². The molecule has 1 aliphatic rings. The van der Waals surface area contributed by atoms with Gasteiger partial charge in [-0.1, -0.05) is 18.2 Å². The molecule has 3 amide bonds. The monoisotopic (exact) mass is 233 g/mol. The number of benzene rings is 1. The summed E-state index contributed by atoms with van der Waals surface area (Å²) in [5.74, 6) is -0.199. The van der Waals surface area contributed by atoms with Gasteiger partial charge in [0, 0.05) is 6.54 Å². The summed E-state index contributed by atoms with van der Waals surface area (Å²) in [5, 5.41) is 2.68. The van der Waals surface area contributed by atoms with Crippen molar-refractivity contribution in [3.8, 4) is 0 Å². The zero-order valence-corrected chi connectivity index (χ0v) is 9.88. The van der Waals surface area contributed by atoms with Crippen molar-refractivity contribution in [2.45, 2.75) is 6.04 Å². The molecule has 0 spiro atoms. The van der Waals surface area contributed by atoms with Crippen molar-refractivity contribution in [2.24, 2.45) is 0 Å². The third-order valence-electron chi connectivity index (χ3n) is 2.58. The summed E-state index contributed by atoms with van der Waals surface area (Å²) in [4.78, 5) is 26.9. The minimum atomic E-state index is -0.460. The number of nitrogens with one attached hydrogen (secondary N) is 1. The highest BCUT2D eigenvalue weighted by atomic mass is 16.2. The van der Waals surface area contributed by atoms with E-state index in [0.29, 0.717) is 12.2 Å². The number of nitrogens with zero attached hydrogens (tertiary/aromatic N) is 2. The molecule has 90 valence electrons. The van der Waals surface area contributed by atoms with Crippen LogP contribution in [0.3, 0.4) is 0 Å². The van der Waals surface area contributed by atoms with Crippen molar-refractivity contribution < 1.29 is 9.59 Å². The Morgan fingerprint density at radius 2 is 1.88 bits per heavy atom. The van der Waals surface area contributed by atoms with Gasteiger partial charge in [-0.3, -0.25) is 4.79 Å². The lowest BCUT2D eigenvalue weighted by molar-refractivity contribution is -0.118. The summed E-state index contributed by atoms with van der Waals surface area (Å²) in [5.41, 5.74) is 0.608. The summed E-state index contributed by atoms with van der Waals surface area (Å²) >= 11 is 0. The van der Waals surface area contributed by atoms with E-state index < -0.39 is 6.04 Å². The highest BCUT2D eigenvalue weighted by Crippen LogP contribution is 2.18. The van der Waals surface area contributed by atoms with Crippen molar-refractivity contribution in [3.05, 3.63) is 30.3 Å². The number of carbonyl (C=O) groups is 2. The molecule has 1 unspecified atom stereocenters. The van der Waals surface area contributed by atoms with Crippen LogP contribution in [-0.2, 0) is 4.79 Å². The van der Waals surface area contributed by atoms with Gasteiger partial charge in [-0.05, 0) is 26.2 Å². The summed E-state index contributed by atoms with van der Waals surface area (Å²) in [6.07, 6.45) is 0. The lowest BCUT2D eigenvalue weighted by Gasteiger charge is -2.15. The van der Waals surface area contributed by atoms with Gasteiger partial charge < -0.3 is 10.2 Å². The summed E-state index contributed by atoms with van der Waals surface area (Å²) in [6.45, 7) is 0.508. The van der Waals surface area contributed by atoms with E-state index in [2.05, 4.69) is 5.32 Å². The van der Waals surface area contributed by atoms with Crippen molar-refractivity contribution in [1.29, 1.82) is 0 Å². The Bertz CT molecular complexity index is 431. The molecule has 0 radical (unpaired) electrons. The number of amides is 3. The summed E-state index contributed by atoms with van der Waals surface area (Å²) in [6, 6.07) is 8.12. The summed E-state index contributed by atoms with van der Waals surface area (Å²) in [7, 11) is 3.73. The van der Waals surface area contributed by atoms with Crippen molar-refractivity contribution in [3.63, 3.8) is 0 Å². The Labute approximate surface area is 100 Å². The van der Waals surface area contributed by atoms with Crippen molar-refractivity contribution in [1.82, 2.24) is 10.2 Å². The molecule has 1 atom stereocenters. The number of imide groups is 1. The van der Waals surface area contributed by atoms with Crippen LogP contribution in [0.1, 0.15) is 0 Å². The van der Waals surface area contributed by atoms with Gasteiger partial charge in [-0.25, -0.2) is 9.69 Å². The molecule has 0 aliphatic carbocycles. The van der Waals surface area contributed by atoms with E-state index in [1.807, 2.05) is 25.1 Å². The smallest absolute Gasteiger partial charge is 0.324 e. The van der Waals surface area contributed by atoms with Gasteiger partial charge in [0.1, 0.15) is 6.04 Å². The Kier molecular flexibility index (Phi) is 3.10. The molecular formula is C12H15N3O2. The third kappa shape index (κ3) is 2.29. The van der Waals surface area contributed by atoms with Crippen LogP contribution in [0.2, 0.25) is 0 Å². The molecule has 5 nitrogen and oxygen atoms in total. The van der Waals surface area contributed by atoms with Crippen LogP contribution in [-0.4, -0.2) is 43.5 Å². The SMILES string of the molecule is CN(C)CC1NC(=O)N(c2ccccc2)C1=O. The maximum Gasteiger partial charge on any atom is 0.329 e. The largest absolute Gasteiger partial charge is 0.329 e. The molecule has 1 aromatic carbocycles. The van der Waals surface area contributed by atoms with Crippen LogP contribution in [0, 0.1) is 0 Å². The second kappa shape index (κ2) is 4.55. The number of likely N-dealkylation sites (N-methyl/N-ethyl adjacent to an activating group) is 1. The third-order valence-corrected chi connectivity index (χ3v) is 2.58. The van der Waals surface area contributed by atoms with Crippen LogP contribution in [0.5, 0.6) is 0 Å². The maximum atomic E-state index is 12.1. The molecule has 1 fully saturated rings. The van der Waals surface area contributed by atoms with Gasteiger partial charge in [-0.2, -0.15) is 0 Å². The fourth-order valence-electron chi connectivity index (χ4n) is 1.84. The fraction of sp³-hybridized carbons (Fsp3) is 0.333. The first kappa shape index (κ1) is 11.6. The molecule has 17 heavy (non-hydrogen) atoms. The number of anilines is 1. The molecular weight excluding hydrogens is 218 g/mol. The standard InChI is InChI=1S/C12H15N3O2/c1-14(2)8-10-11(16)15(12(17)13-10)9-6-4-3-5-7-9/h3-7,10H,8H2,1-2H3,(H,13,17). The van der Waals surface area contributed by atoms with Crippen LogP contribution in [0.4, 0.5) is 10.5 Å². The molecule has 0 bridgehead atoms. The quantitative estimate of drug-likeness (QED) is 0.781. The molecule has 1 N–H and O–H groups in total. The number of carbonyl (C=O) groups excluding carboxylic acids is 2. The van der Waals surface area contributed by atoms with E-state index in [9.17, 15) is 9.59 Å². The number of rotatable bonds is 3.